The molecule has 39 heavy (non-hydrogen) atoms. The van der Waals surface area contributed by atoms with E-state index in [-0.39, 0.29) is 36.0 Å². The number of non-ortho nitro benzene ring substituents is 1. The highest BCUT2D eigenvalue weighted by Crippen LogP contribution is 2.37. The van der Waals surface area contributed by atoms with Crippen molar-refractivity contribution >= 4 is 23.1 Å². The number of hydrogen-bond donors (Lipinski definition) is 1. The molecule has 3 aromatic rings. The van der Waals surface area contributed by atoms with E-state index < -0.39 is 16.8 Å². The van der Waals surface area contributed by atoms with E-state index in [9.17, 15) is 20.0 Å². The van der Waals surface area contributed by atoms with Crippen molar-refractivity contribution in [3.8, 4) is 11.8 Å². The normalized spacial score (nSPS) is 15.9. The van der Waals surface area contributed by atoms with Crippen molar-refractivity contribution in [1.29, 1.82) is 0 Å². The minimum atomic E-state index is -0.908. The Morgan fingerprint density at radius 3 is 2.26 bits per heavy atom. The molecular weight excluding hydrogens is 496 g/mol. The SMILES string of the molecule is CCO/C(O)=C1\C(C)=NC(c2ccccc2)=C(C(=O)OCc2ccc([N+](=O)[O-])cc2)C1C#Cc1ccccc1. The molecule has 0 saturated heterocycles. The average Bonchev–Trinajstić information content (AvgIpc) is 2.95. The van der Waals surface area contributed by atoms with Gasteiger partial charge in [-0.15, -0.1) is 0 Å². The molecule has 0 radical (unpaired) electrons. The van der Waals surface area contributed by atoms with Crippen molar-refractivity contribution in [1.82, 2.24) is 0 Å². The second-order valence-electron chi connectivity index (χ2n) is 8.55. The zero-order valence-electron chi connectivity index (χ0n) is 21.5. The molecule has 0 bridgehead atoms. The molecule has 0 spiro atoms. The molecule has 8 nitrogen and oxygen atoms in total. The minimum Gasteiger partial charge on any atom is -0.481 e. The first kappa shape index (κ1) is 26.9. The first-order chi connectivity index (χ1) is 18.9. The second kappa shape index (κ2) is 12.4. The first-order valence-electron chi connectivity index (χ1n) is 12.3. The number of aliphatic imine (C=N–C) groups is 1. The summed E-state index contributed by atoms with van der Waals surface area (Å²) in [6.07, 6.45) is 0. The lowest BCUT2D eigenvalue weighted by atomic mass is 9.83. The Kier molecular flexibility index (Phi) is 8.54. The summed E-state index contributed by atoms with van der Waals surface area (Å²) in [7, 11) is 0. The van der Waals surface area contributed by atoms with Crippen molar-refractivity contribution < 1.29 is 24.3 Å². The Bertz CT molecular complexity index is 1510. The molecule has 1 N–H and O–H groups in total. The van der Waals surface area contributed by atoms with Crippen LogP contribution in [0.2, 0.25) is 0 Å². The van der Waals surface area contributed by atoms with E-state index >= 15 is 0 Å². The van der Waals surface area contributed by atoms with Gasteiger partial charge in [0.15, 0.2) is 0 Å². The fourth-order valence-electron chi connectivity index (χ4n) is 4.06. The zero-order valence-corrected chi connectivity index (χ0v) is 21.5. The van der Waals surface area contributed by atoms with Gasteiger partial charge in [0.2, 0.25) is 0 Å². The van der Waals surface area contributed by atoms with Crippen molar-refractivity contribution in [2.24, 2.45) is 10.9 Å². The molecule has 1 aliphatic rings. The van der Waals surface area contributed by atoms with E-state index in [4.69, 9.17) is 9.47 Å². The van der Waals surface area contributed by atoms with Crippen LogP contribution in [0, 0.1) is 27.9 Å². The van der Waals surface area contributed by atoms with Crippen LogP contribution in [-0.4, -0.2) is 28.3 Å². The smallest absolute Gasteiger partial charge is 0.338 e. The number of aliphatic hydroxyl groups excluding tert-OH is 1. The summed E-state index contributed by atoms with van der Waals surface area (Å²) in [6, 6.07) is 24.2. The number of nitro benzene ring substituents is 1. The van der Waals surface area contributed by atoms with E-state index in [1.807, 2.05) is 60.7 Å². The van der Waals surface area contributed by atoms with Gasteiger partial charge < -0.3 is 14.6 Å². The fourth-order valence-corrected chi connectivity index (χ4v) is 4.06. The van der Waals surface area contributed by atoms with Gasteiger partial charge in [0.1, 0.15) is 6.61 Å². The number of carbonyl (C=O) groups excluding carboxylic acids is 1. The number of hydrogen-bond acceptors (Lipinski definition) is 7. The van der Waals surface area contributed by atoms with E-state index in [0.717, 1.165) is 5.56 Å². The lowest BCUT2D eigenvalue weighted by Crippen LogP contribution is -2.26. The van der Waals surface area contributed by atoms with E-state index in [0.29, 0.717) is 22.5 Å². The maximum Gasteiger partial charge on any atom is 0.338 e. The van der Waals surface area contributed by atoms with Gasteiger partial charge >= 0.3 is 5.97 Å². The van der Waals surface area contributed by atoms with Crippen molar-refractivity contribution in [2.75, 3.05) is 6.61 Å². The number of esters is 1. The van der Waals surface area contributed by atoms with Crippen LogP contribution < -0.4 is 0 Å². The average molecular weight is 523 g/mol. The number of rotatable bonds is 7. The number of allylic oxidation sites excluding steroid dienone is 1. The van der Waals surface area contributed by atoms with Gasteiger partial charge in [-0.1, -0.05) is 60.4 Å². The Hall–Kier alpha value is -5.16. The molecule has 0 aromatic heterocycles. The Labute approximate surface area is 226 Å². The summed E-state index contributed by atoms with van der Waals surface area (Å²) in [5.41, 5.74) is 3.19. The number of carbonyl (C=O) groups is 1. The first-order valence-corrected chi connectivity index (χ1v) is 12.3. The summed E-state index contributed by atoms with van der Waals surface area (Å²) in [4.78, 5) is 28.9. The third kappa shape index (κ3) is 6.40. The third-order valence-corrected chi connectivity index (χ3v) is 5.93. The molecule has 0 amide bonds. The van der Waals surface area contributed by atoms with Gasteiger partial charge in [-0.2, -0.15) is 0 Å². The molecule has 0 saturated carbocycles. The molecule has 8 heteroatoms. The largest absolute Gasteiger partial charge is 0.481 e. The molecule has 3 aromatic carbocycles. The van der Waals surface area contributed by atoms with Crippen LogP contribution in [0.15, 0.2) is 107 Å². The predicted octanol–water partition coefficient (Wildman–Crippen LogP) is 6.00. The predicted molar refractivity (Wildman–Crippen MR) is 147 cm³/mol. The molecule has 1 heterocycles. The van der Waals surface area contributed by atoms with Gasteiger partial charge in [0, 0.05) is 29.0 Å². The monoisotopic (exact) mass is 522 g/mol. The molecule has 196 valence electrons. The highest BCUT2D eigenvalue weighted by atomic mass is 16.6. The van der Waals surface area contributed by atoms with Crippen LogP contribution in [0.4, 0.5) is 5.69 Å². The molecule has 0 aliphatic carbocycles. The van der Waals surface area contributed by atoms with Gasteiger partial charge in [-0.3, -0.25) is 15.1 Å². The maximum absolute atomic E-state index is 13.7. The Balaban J connectivity index is 1.81. The van der Waals surface area contributed by atoms with Crippen molar-refractivity contribution in [3.63, 3.8) is 0 Å². The molecule has 1 aliphatic heterocycles. The molecule has 1 atom stereocenters. The summed E-state index contributed by atoms with van der Waals surface area (Å²) in [5, 5.41) is 21.8. The molecule has 1 unspecified atom stereocenters. The molecular formula is C31H26N2O6. The quantitative estimate of drug-likeness (QED) is 0.134. The summed E-state index contributed by atoms with van der Waals surface area (Å²) in [6.45, 7) is 3.54. The topological polar surface area (TPSA) is 111 Å². The molecule has 0 fully saturated rings. The lowest BCUT2D eigenvalue weighted by Gasteiger charge is -2.25. The van der Waals surface area contributed by atoms with E-state index in [1.54, 1.807) is 13.8 Å². The Morgan fingerprint density at radius 2 is 1.64 bits per heavy atom. The number of ether oxygens (including phenoxy) is 2. The third-order valence-electron chi connectivity index (χ3n) is 5.93. The lowest BCUT2D eigenvalue weighted by molar-refractivity contribution is -0.384. The zero-order chi connectivity index (χ0) is 27.8. The van der Waals surface area contributed by atoms with Gasteiger partial charge in [0.25, 0.3) is 11.6 Å². The van der Waals surface area contributed by atoms with Crippen LogP contribution in [0.5, 0.6) is 0 Å². The van der Waals surface area contributed by atoms with Crippen LogP contribution in [0.3, 0.4) is 0 Å². The number of nitrogens with zero attached hydrogens (tertiary/aromatic N) is 2. The highest BCUT2D eigenvalue weighted by Gasteiger charge is 2.36. The minimum absolute atomic E-state index is 0.0614. The van der Waals surface area contributed by atoms with Gasteiger partial charge in [-0.25, -0.2) is 4.79 Å². The van der Waals surface area contributed by atoms with Gasteiger partial charge in [-0.05, 0) is 43.7 Å². The van der Waals surface area contributed by atoms with E-state index in [2.05, 4.69) is 16.8 Å². The van der Waals surface area contributed by atoms with Crippen LogP contribution in [0.25, 0.3) is 5.70 Å². The van der Waals surface area contributed by atoms with E-state index in [1.165, 1.54) is 24.3 Å². The number of aliphatic hydroxyl groups is 1. The summed E-state index contributed by atoms with van der Waals surface area (Å²) in [5.74, 6) is 4.29. The maximum atomic E-state index is 13.7. The second-order valence-corrected chi connectivity index (χ2v) is 8.55. The highest BCUT2D eigenvalue weighted by molar-refractivity contribution is 6.11. The Morgan fingerprint density at radius 1 is 1.00 bits per heavy atom. The number of nitro groups is 1. The summed E-state index contributed by atoms with van der Waals surface area (Å²) >= 11 is 0. The van der Waals surface area contributed by atoms with Crippen molar-refractivity contribution in [3.05, 3.63) is 129 Å². The fraction of sp³-hybridized carbons (Fsp3) is 0.161. The summed E-state index contributed by atoms with van der Waals surface area (Å²) < 4.78 is 11.1. The van der Waals surface area contributed by atoms with Crippen LogP contribution >= 0.6 is 0 Å². The van der Waals surface area contributed by atoms with Crippen LogP contribution in [0.1, 0.15) is 30.5 Å². The van der Waals surface area contributed by atoms with Gasteiger partial charge in [0.05, 0.1) is 34.3 Å². The number of benzene rings is 3. The standard InChI is InChI=1S/C31H26N2O6/c1-3-38-30(34)27-21(2)32-29(24-12-8-5-9-13-24)28(26(27)19-16-22-10-6-4-7-11-22)31(35)39-20-23-14-17-25(18-15-23)33(36)37/h4-15,17-18,26,34H,3,20H2,1-2H3/b30-27+. The van der Waals surface area contributed by atoms with Crippen LogP contribution in [-0.2, 0) is 20.9 Å². The van der Waals surface area contributed by atoms with Crippen molar-refractivity contribution in [2.45, 2.75) is 20.5 Å². The molecule has 4 rings (SSSR count).